The molecule has 1 N–H and O–H groups in total. The van der Waals surface area contributed by atoms with Crippen molar-refractivity contribution < 1.29 is 14.7 Å². The van der Waals surface area contributed by atoms with Gasteiger partial charge < -0.3 is 10.0 Å². The van der Waals surface area contributed by atoms with Gasteiger partial charge in [0.05, 0.1) is 6.42 Å². The molecule has 4 nitrogen and oxygen atoms in total. The molecule has 0 spiro atoms. The molecule has 1 fully saturated rings. The second-order valence-corrected chi connectivity index (χ2v) is 4.66. The van der Waals surface area contributed by atoms with Crippen LogP contribution in [0.5, 0.6) is 0 Å². The molecule has 0 saturated heterocycles. The molecule has 1 aromatic rings. The lowest BCUT2D eigenvalue weighted by Gasteiger charge is -2.22. The van der Waals surface area contributed by atoms with Gasteiger partial charge in [0, 0.05) is 19.0 Å². The molecule has 1 amide bonds. The lowest BCUT2D eigenvalue weighted by Crippen LogP contribution is -2.33. The molecular formula is C14H17NO3. The molecular weight excluding hydrogens is 230 g/mol. The number of carboxylic acid groups (broad SMARTS) is 1. The molecule has 1 aliphatic rings. The third-order valence-electron chi connectivity index (χ3n) is 3.05. The van der Waals surface area contributed by atoms with Crippen molar-refractivity contribution in [2.75, 3.05) is 6.54 Å². The van der Waals surface area contributed by atoms with Crippen LogP contribution >= 0.6 is 0 Å². The Balaban J connectivity index is 1.99. The van der Waals surface area contributed by atoms with E-state index in [-0.39, 0.29) is 18.2 Å². The predicted octanol–water partition coefficient (Wildman–Crippen LogP) is 1.90. The van der Waals surface area contributed by atoms with E-state index < -0.39 is 5.97 Å². The maximum absolute atomic E-state index is 12.1. The molecule has 0 bridgehead atoms. The zero-order chi connectivity index (χ0) is 13.0. The van der Waals surface area contributed by atoms with Crippen molar-refractivity contribution in [1.82, 2.24) is 4.90 Å². The smallest absolute Gasteiger partial charge is 0.305 e. The lowest BCUT2D eigenvalue weighted by atomic mass is 10.2. The number of benzene rings is 1. The van der Waals surface area contributed by atoms with Crippen molar-refractivity contribution in [3.63, 3.8) is 0 Å². The summed E-state index contributed by atoms with van der Waals surface area (Å²) in [7, 11) is 0. The Hall–Kier alpha value is -1.84. The van der Waals surface area contributed by atoms with Crippen LogP contribution in [0.25, 0.3) is 0 Å². The van der Waals surface area contributed by atoms with Crippen LogP contribution in [0.2, 0.25) is 0 Å². The summed E-state index contributed by atoms with van der Waals surface area (Å²) >= 11 is 0. The van der Waals surface area contributed by atoms with Gasteiger partial charge in [-0.2, -0.15) is 0 Å². The first-order valence-corrected chi connectivity index (χ1v) is 6.21. The normalized spacial score (nSPS) is 14.2. The van der Waals surface area contributed by atoms with Crippen molar-refractivity contribution in [2.45, 2.75) is 25.8 Å². The average molecular weight is 247 g/mol. The number of amides is 1. The number of hydrogen-bond donors (Lipinski definition) is 1. The zero-order valence-corrected chi connectivity index (χ0v) is 10.2. The number of nitrogens with zero attached hydrogens (tertiary/aromatic N) is 1. The fourth-order valence-electron chi connectivity index (χ4n) is 1.89. The third-order valence-corrected chi connectivity index (χ3v) is 3.05. The number of carbonyl (C=O) groups excluding carboxylic acids is 1. The second-order valence-electron chi connectivity index (χ2n) is 4.66. The quantitative estimate of drug-likeness (QED) is 0.835. The molecule has 0 atom stereocenters. The molecule has 0 unspecified atom stereocenters. The summed E-state index contributed by atoms with van der Waals surface area (Å²) in [4.78, 5) is 24.3. The molecule has 0 aromatic heterocycles. The SMILES string of the molecule is O=C(O)CCN(Cc1ccccc1)C(=O)C1CC1. The molecule has 4 heteroatoms. The lowest BCUT2D eigenvalue weighted by molar-refractivity contribution is -0.139. The molecule has 0 aliphatic heterocycles. The van der Waals surface area contributed by atoms with Crippen LogP contribution in [-0.2, 0) is 16.1 Å². The minimum Gasteiger partial charge on any atom is -0.481 e. The van der Waals surface area contributed by atoms with Crippen molar-refractivity contribution in [2.24, 2.45) is 5.92 Å². The number of rotatable bonds is 6. The van der Waals surface area contributed by atoms with Crippen LogP contribution in [0.1, 0.15) is 24.8 Å². The van der Waals surface area contributed by atoms with Crippen LogP contribution in [0.15, 0.2) is 30.3 Å². The summed E-state index contributed by atoms with van der Waals surface area (Å²) in [6, 6.07) is 9.67. The van der Waals surface area contributed by atoms with Gasteiger partial charge >= 0.3 is 5.97 Å². The largest absolute Gasteiger partial charge is 0.481 e. The highest BCUT2D eigenvalue weighted by atomic mass is 16.4. The Morgan fingerprint density at radius 2 is 1.89 bits per heavy atom. The second kappa shape index (κ2) is 5.67. The highest BCUT2D eigenvalue weighted by Gasteiger charge is 2.33. The van der Waals surface area contributed by atoms with Gasteiger partial charge in [0.25, 0.3) is 0 Å². The number of carbonyl (C=O) groups is 2. The first kappa shape index (κ1) is 12.6. The van der Waals surface area contributed by atoms with Gasteiger partial charge in [-0.25, -0.2) is 0 Å². The summed E-state index contributed by atoms with van der Waals surface area (Å²) < 4.78 is 0. The van der Waals surface area contributed by atoms with Crippen molar-refractivity contribution in [1.29, 1.82) is 0 Å². The summed E-state index contributed by atoms with van der Waals surface area (Å²) in [5.74, 6) is -0.640. The topological polar surface area (TPSA) is 57.6 Å². The van der Waals surface area contributed by atoms with Crippen LogP contribution in [-0.4, -0.2) is 28.4 Å². The van der Waals surface area contributed by atoms with E-state index in [4.69, 9.17) is 5.11 Å². The Morgan fingerprint density at radius 1 is 1.22 bits per heavy atom. The van der Waals surface area contributed by atoms with E-state index in [0.29, 0.717) is 13.1 Å². The van der Waals surface area contributed by atoms with Crippen LogP contribution in [0.3, 0.4) is 0 Å². The summed E-state index contributed by atoms with van der Waals surface area (Å²) in [5, 5.41) is 8.73. The maximum atomic E-state index is 12.1. The van der Waals surface area contributed by atoms with Gasteiger partial charge in [-0.3, -0.25) is 9.59 Å². The van der Waals surface area contributed by atoms with Crippen LogP contribution in [0, 0.1) is 5.92 Å². The maximum Gasteiger partial charge on any atom is 0.305 e. The fourth-order valence-corrected chi connectivity index (χ4v) is 1.89. The van der Waals surface area contributed by atoms with Crippen molar-refractivity contribution in [3.05, 3.63) is 35.9 Å². The van der Waals surface area contributed by atoms with E-state index in [1.54, 1.807) is 4.90 Å². The standard InChI is InChI=1S/C14H17NO3/c16-13(17)8-9-15(14(18)12-6-7-12)10-11-4-2-1-3-5-11/h1-5,12H,6-10H2,(H,16,17). The predicted molar refractivity (Wildman–Crippen MR) is 66.8 cm³/mol. The van der Waals surface area contributed by atoms with E-state index >= 15 is 0 Å². The minimum absolute atomic E-state index is 0.00525. The van der Waals surface area contributed by atoms with Gasteiger partial charge in [-0.1, -0.05) is 30.3 Å². The minimum atomic E-state index is -0.864. The fraction of sp³-hybridized carbons (Fsp3) is 0.429. The van der Waals surface area contributed by atoms with Gasteiger partial charge in [0.1, 0.15) is 0 Å². The molecule has 2 rings (SSSR count). The Kier molecular flexibility index (Phi) is 3.97. The zero-order valence-electron chi connectivity index (χ0n) is 10.2. The number of aliphatic carboxylic acids is 1. The van der Waals surface area contributed by atoms with E-state index in [9.17, 15) is 9.59 Å². The molecule has 18 heavy (non-hydrogen) atoms. The Bertz CT molecular complexity index is 426. The van der Waals surface area contributed by atoms with E-state index in [1.165, 1.54) is 0 Å². The van der Waals surface area contributed by atoms with Crippen molar-refractivity contribution >= 4 is 11.9 Å². The van der Waals surface area contributed by atoms with Gasteiger partial charge in [0.15, 0.2) is 0 Å². The molecule has 0 radical (unpaired) electrons. The highest BCUT2D eigenvalue weighted by molar-refractivity contribution is 5.81. The molecule has 1 aliphatic carbocycles. The van der Waals surface area contributed by atoms with Crippen LogP contribution in [0.4, 0.5) is 0 Å². The summed E-state index contributed by atoms with van der Waals surface area (Å²) in [6.45, 7) is 0.795. The van der Waals surface area contributed by atoms with E-state index in [2.05, 4.69) is 0 Å². The van der Waals surface area contributed by atoms with E-state index in [1.807, 2.05) is 30.3 Å². The van der Waals surface area contributed by atoms with Gasteiger partial charge in [0.2, 0.25) is 5.91 Å². The Labute approximate surface area is 106 Å². The number of hydrogen-bond acceptors (Lipinski definition) is 2. The molecule has 1 saturated carbocycles. The molecule has 96 valence electrons. The Morgan fingerprint density at radius 3 is 2.44 bits per heavy atom. The molecule has 1 aromatic carbocycles. The highest BCUT2D eigenvalue weighted by Crippen LogP contribution is 2.31. The van der Waals surface area contributed by atoms with Crippen molar-refractivity contribution in [3.8, 4) is 0 Å². The average Bonchev–Trinajstić information content (AvgIpc) is 3.19. The first-order valence-electron chi connectivity index (χ1n) is 6.21. The summed E-state index contributed by atoms with van der Waals surface area (Å²) in [5.41, 5.74) is 1.04. The van der Waals surface area contributed by atoms with Gasteiger partial charge in [-0.15, -0.1) is 0 Å². The first-order chi connectivity index (χ1) is 8.66. The summed E-state index contributed by atoms with van der Waals surface area (Å²) in [6.07, 6.45) is 1.89. The monoisotopic (exact) mass is 247 g/mol. The van der Waals surface area contributed by atoms with E-state index in [0.717, 1.165) is 18.4 Å². The van der Waals surface area contributed by atoms with Gasteiger partial charge in [-0.05, 0) is 18.4 Å². The number of carboxylic acids is 1. The molecule has 0 heterocycles. The third kappa shape index (κ3) is 3.58. The van der Waals surface area contributed by atoms with Crippen LogP contribution < -0.4 is 0 Å².